The number of benzene rings is 1. The molecule has 0 bridgehead atoms. The number of piperidine rings is 1. The second-order valence-electron chi connectivity index (χ2n) is 6.11. The molecule has 0 spiro atoms. The summed E-state index contributed by atoms with van der Waals surface area (Å²) in [6.07, 6.45) is 5.21. The van der Waals surface area contributed by atoms with E-state index in [1.807, 2.05) is 12.3 Å². The molecule has 4 rings (SSSR count). The molecule has 3 heterocycles. The van der Waals surface area contributed by atoms with Gasteiger partial charge >= 0.3 is 0 Å². The summed E-state index contributed by atoms with van der Waals surface area (Å²) in [7, 11) is 0. The molecular weight excluding hydrogens is 286 g/mol. The Morgan fingerprint density at radius 2 is 1.87 bits per heavy atom. The predicted molar refractivity (Wildman–Crippen MR) is 91.0 cm³/mol. The van der Waals surface area contributed by atoms with Crippen molar-refractivity contribution in [3.8, 4) is 11.1 Å². The first-order chi connectivity index (χ1) is 11.3. The van der Waals surface area contributed by atoms with Crippen molar-refractivity contribution in [3.63, 3.8) is 0 Å². The SMILES string of the molecule is O=C1CCN(Cc2ccc(-c3c[nH]c4ncccc34)cc2)CC1. The lowest BCUT2D eigenvalue weighted by Gasteiger charge is -2.25. The first-order valence-electron chi connectivity index (χ1n) is 8.05. The van der Waals surface area contributed by atoms with Crippen molar-refractivity contribution in [2.75, 3.05) is 13.1 Å². The number of pyridine rings is 1. The van der Waals surface area contributed by atoms with Gasteiger partial charge in [-0.25, -0.2) is 4.98 Å². The number of Topliss-reactive ketones (excluding diaryl/α,β-unsaturated/α-hetero) is 1. The quantitative estimate of drug-likeness (QED) is 0.807. The average Bonchev–Trinajstić information content (AvgIpc) is 3.02. The summed E-state index contributed by atoms with van der Waals surface area (Å²) in [4.78, 5) is 21.2. The Hall–Kier alpha value is -2.46. The standard InChI is InChI=1S/C19H19N3O/c23-16-7-10-22(11-8-16)13-14-3-5-15(6-4-14)18-12-21-19-17(18)2-1-9-20-19/h1-6,9,12H,7-8,10-11,13H2,(H,20,21). The van der Waals surface area contributed by atoms with Gasteiger partial charge in [0, 0.05) is 55.8 Å². The maximum atomic E-state index is 11.3. The molecule has 1 fully saturated rings. The van der Waals surface area contributed by atoms with Crippen LogP contribution in [0.3, 0.4) is 0 Å². The van der Waals surface area contributed by atoms with Crippen LogP contribution < -0.4 is 0 Å². The minimum Gasteiger partial charge on any atom is -0.346 e. The van der Waals surface area contributed by atoms with Gasteiger partial charge in [0.2, 0.25) is 0 Å². The molecule has 1 N–H and O–H groups in total. The fraction of sp³-hybridized carbons (Fsp3) is 0.263. The molecule has 4 heteroatoms. The first-order valence-corrected chi connectivity index (χ1v) is 8.05. The largest absolute Gasteiger partial charge is 0.346 e. The third-order valence-electron chi connectivity index (χ3n) is 4.54. The monoisotopic (exact) mass is 305 g/mol. The van der Waals surface area contributed by atoms with Crippen LogP contribution in [0.15, 0.2) is 48.8 Å². The second-order valence-corrected chi connectivity index (χ2v) is 6.11. The van der Waals surface area contributed by atoms with E-state index in [-0.39, 0.29) is 0 Å². The summed E-state index contributed by atoms with van der Waals surface area (Å²) in [6, 6.07) is 12.8. The van der Waals surface area contributed by atoms with E-state index in [2.05, 4.69) is 45.2 Å². The maximum Gasteiger partial charge on any atom is 0.137 e. The molecule has 1 aliphatic heterocycles. The van der Waals surface area contributed by atoms with Gasteiger partial charge in [0.25, 0.3) is 0 Å². The lowest BCUT2D eigenvalue weighted by atomic mass is 10.0. The fourth-order valence-electron chi connectivity index (χ4n) is 3.20. The first kappa shape index (κ1) is 14.2. The molecule has 1 aromatic carbocycles. The van der Waals surface area contributed by atoms with E-state index in [4.69, 9.17) is 0 Å². The topological polar surface area (TPSA) is 49.0 Å². The number of nitrogens with zero attached hydrogens (tertiary/aromatic N) is 2. The van der Waals surface area contributed by atoms with Crippen LogP contribution in [-0.2, 0) is 11.3 Å². The number of ketones is 1. The fourth-order valence-corrected chi connectivity index (χ4v) is 3.20. The zero-order valence-corrected chi connectivity index (χ0v) is 13.0. The molecule has 0 radical (unpaired) electrons. The number of hydrogen-bond donors (Lipinski definition) is 1. The molecule has 3 aromatic rings. The molecule has 2 aromatic heterocycles. The minimum absolute atomic E-state index is 0.393. The van der Waals surface area contributed by atoms with Crippen molar-refractivity contribution in [2.24, 2.45) is 0 Å². The van der Waals surface area contributed by atoms with Crippen molar-refractivity contribution >= 4 is 16.8 Å². The number of carbonyl (C=O) groups excluding carboxylic acids is 1. The Labute approximate surface area is 135 Å². The lowest BCUT2D eigenvalue weighted by Crippen LogP contribution is -2.33. The van der Waals surface area contributed by atoms with Crippen molar-refractivity contribution in [1.29, 1.82) is 0 Å². The number of nitrogens with one attached hydrogen (secondary N) is 1. The highest BCUT2D eigenvalue weighted by Crippen LogP contribution is 2.27. The number of rotatable bonds is 3. The molecule has 0 atom stereocenters. The van der Waals surface area contributed by atoms with Crippen LogP contribution in [0.1, 0.15) is 18.4 Å². The summed E-state index contributed by atoms with van der Waals surface area (Å²) in [5.74, 6) is 0.393. The number of likely N-dealkylation sites (tertiary alicyclic amines) is 1. The number of aromatic amines is 1. The Bertz CT molecular complexity index is 825. The molecule has 4 nitrogen and oxygen atoms in total. The van der Waals surface area contributed by atoms with E-state index in [0.29, 0.717) is 18.6 Å². The molecule has 1 aliphatic rings. The Morgan fingerprint density at radius 3 is 2.65 bits per heavy atom. The zero-order valence-electron chi connectivity index (χ0n) is 13.0. The number of H-pyrrole nitrogens is 1. The average molecular weight is 305 g/mol. The lowest BCUT2D eigenvalue weighted by molar-refractivity contribution is -0.121. The zero-order chi connectivity index (χ0) is 15.6. The van der Waals surface area contributed by atoms with Gasteiger partial charge in [-0.05, 0) is 23.3 Å². The van der Waals surface area contributed by atoms with E-state index in [9.17, 15) is 4.79 Å². The summed E-state index contributed by atoms with van der Waals surface area (Å²) < 4.78 is 0. The number of aromatic nitrogens is 2. The highest BCUT2D eigenvalue weighted by molar-refractivity contribution is 5.93. The number of fused-ring (bicyclic) bond motifs is 1. The molecule has 0 amide bonds. The van der Waals surface area contributed by atoms with Gasteiger partial charge in [-0.15, -0.1) is 0 Å². The van der Waals surface area contributed by atoms with Gasteiger partial charge in [0.1, 0.15) is 11.4 Å². The van der Waals surface area contributed by atoms with Crippen molar-refractivity contribution < 1.29 is 4.79 Å². The van der Waals surface area contributed by atoms with Crippen LogP contribution in [-0.4, -0.2) is 33.7 Å². The third-order valence-corrected chi connectivity index (χ3v) is 4.54. The van der Waals surface area contributed by atoms with E-state index < -0.39 is 0 Å². The van der Waals surface area contributed by atoms with E-state index >= 15 is 0 Å². The maximum absolute atomic E-state index is 11.3. The smallest absolute Gasteiger partial charge is 0.137 e. The molecule has 23 heavy (non-hydrogen) atoms. The predicted octanol–water partition coefficient (Wildman–Crippen LogP) is 3.39. The van der Waals surface area contributed by atoms with Crippen LogP contribution in [0.5, 0.6) is 0 Å². The summed E-state index contributed by atoms with van der Waals surface area (Å²) in [6.45, 7) is 2.69. The van der Waals surface area contributed by atoms with Gasteiger partial charge < -0.3 is 4.98 Å². The van der Waals surface area contributed by atoms with Crippen LogP contribution >= 0.6 is 0 Å². The number of carbonyl (C=O) groups is 1. The summed E-state index contributed by atoms with van der Waals surface area (Å²) in [5.41, 5.74) is 4.59. The van der Waals surface area contributed by atoms with Crippen LogP contribution in [0.2, 0.25) is 0 Å². The van der Waals surface area contributed by atoms with E-state index in [0.717, 1.165) is 30.7 Å². The minimum atomic E-state index is 0.393. The Balaban J connectivity index is 1.53. The highest BCUT2D eigenvalue weighted by Gasteiger charge is 2.16. The molecular formula is C19H19N3O. The summed E-state index contributed by atoms with van der Waals surface area (Å²) in [5, 5.41) is 1.15. The Morgan fingerprint density at radius 1 is 1.09 bits per heavy atom. The van der Waals surface area contributed by atoms with Gasteiger partial charge in [0.15, 0.2) is 0 Å². The molecule has 0 unspecified atom stereocenters. The van der Waals surface area contributed by atoms with Crippen molar-refractivity contribution in [2.45, 2.75) is 19.4 Å². The second kappa shape index (κ2) is 5.97. The Kier molecular flexibility index (Phi) is 3.67. The molecule has 1 saturated heterocycles. The molecule has 0 aliphatic carbocycles. The van der Waals surface area contributed by atoms with Gasteiger partial charge in [0.05, 0.1) is 0 Å². The molecule has 116 valence electrons. The highest BCUT2D eigenvalue weighted by atomic mass is 16.1. The van der Waals surface area contributed by atoms with Crippen LogP contribution in [0.25, 0.3) is 22.2 Å². The van der Waals surface area contributed by atoms with Gasteiger partial charge in [-0.3, -0.25) is 9.69 Å². The van der Waals surface area contributed by atoms with Crippen molar-refractivity contribution in [3.05, 3.63) is 54.4 Å². The van der Waals surface area contributed by atoms with Crippen molar-refractivity contribution in [1.82, 2.24) is 14.9 Å². The van der Waals surface area contributed by atoms with Gasteiger partial charge in [-0.1, -0.05) is 24.3 Å². The van der Waals surface area contributed by atoms with E-state index in [1.54, 1.807) is 6.20 Å². The van der Waals surface area contributed by atoms with E-state index in [1.165, 1.54) is 16.7 Å². The third kappa shape index (κ3) is 2.90. The van der Waals surface area contributed by atoms with Crippen LogP contribution in [0.4, 0.5) is 0 Å². The van der Waals surface area contributed by atoms with Crippen LogP contribution in [0, 0.1) is 0 Å². The number of hydrogen-bond acceptors (Lipinski definition) is 3. The van der Waals surface area contributed by atoms with Gasteiger partial charge in [-0.2, -0.15) is 0 Å². The normalized spacial score (nSPS) is 16.1. The molecule has 0 saturated carbocycles. The summed E-state index contributed by atoms with van der Waals surface area (Å²) >= 11 is 0.